The molecule has 0 radical (unpaired) electrons. The minimum Gasteiger partial charge on any atom is -0.480 e. The Labute approximate surface area is 129 Å². The summed E-state index contributed by atoms with van der Waals surface area (Å²) in [5, 5.41) is 9.33. The van der Waals surface area contributed by atoms with Gasteiger partial charge in [-0.1, -0.05) is 30.7 Å². The van der Waals surface area contributed by atoms with Crippen LogP contribution < -0.4 is 4.74 Å². The van der Waals surface area contributed by atoms with E-state index in [1.54, 1.807) is 45.0 Å². The molecule has 1 amide bonds. The number of amides is 1. The van der Waals surface area contributed by atoms with Gasteiger partial charge < -0.3 is 14.7 Å². The highest BCUT2D eigenvalue weighted by atomic mass is 35.5. The Hall–Kier alpha value is -1.75. The van der Waals surface area contributed by atoms with Crippen molar-refractivity contribution in [2.24, 2.45) is 0 Å². The molecule has 5 nitrogen and oxygen atoms in total. The largest absolute Gasteiger partial charge is 0.480 e. The fraction of sp³-hybridized carbons (Fsp3) is 0.467. The van der Waals surface area contributed by atoms with Crippen LogP contribution in [0.5, 0.6) is 5.75 Å². The maximum Gasteiger partial charge on any atom is 0.323 e. The second kappa shape index (κ2) is 7.88. The van der Waals surface area contributed by atoms with Crippen LogP contribution in [-0.2, 0) is 9.59 Å². The molecule has 1 aromatic carbocycles. The highest BCUT2D eigenvalue weighted by molar-refractivity contribution is 6.32. The van der Waals surface area contributed by atoms with E-state index in [2.05, 4.69) is 0 Å². The molecule has 1 rings (SSSR count). The van der Waals surface area contributed by atoms with E-state index in [9.17, 15) is 9.59 Å². The molecule has 0 spiro atoms. The molecule has 0 fully saturated rings. The predicted molar refractivity (Wildman–Crippen MR) is 80.6 cm³/mol. The van der Waals surface area contributed by atoms with Crippen LogP contribution >= 0.6 is 11.6 Å². The first-order valence-electron chi connectivity index (χ1n) is 6.80. The van der Waals surface area contributed by atoms with Crippen LogP contribution in [0.15, 0.2) is 24.3 Å². The Morgan fingerprint density at radius 1 is 1.33 bits per heavy atom. The Morgan fingerprint density at radius 2 is 1.95 bits per heavy atom. The molecule has 0 aliphatic carbocycles. The lowest BCUT2D eigenvalue weighted by Crippen LogP contribution is -2.47. The van der Waals surface area contributed by atoms with Crippen molar-refractivity contribution in [3.63, 3.8) is 0 Å². The molecule has 1 aromatic rings. The zero-order chi connectivity index (χ0) is 16.0. The summed E-state index contributed by atoms with van der Waals surface area (Å²) < 4.78 is 5.65. The van der Waals surface area contributed by atoms with Gasteiger partial charge in [0.2, 0.25) is 0 Å². The van der Waals surface area contributed by atoms with Gasteiger partial charge in [0.25, 0.3) is 5.91 Å². The second-order valence-electron chi connectivity index (χ2n) is 4.90. The first-order chi connectivity index (χ1) is 9.86. The number of rotatable bonds is 7. The quantitative estimate of drug-likeness (QED) is 0.840. The van der Waals surface area contributed by atoms with E-state index >= 15 is 0 Å². The van der Waals surface area contributed by atoms with Crippen molar-refractivity contribution >= 4 is 23.5 Å². The van der Waals surface area contributed by atoms with E-state index < -0.39 is 12.1 Å². The maximum absolute atomic E-state index is 12.5. The standard InChI is InChI=1S/C15H20ClNO4/c1-4-12(21-13-8-6-5-7-11(13)16)15(20)17(10(2)3)9-14(18)19/h5-8,10,12H,4,9H2,1-3H3,(H,18,19). The van der Waals surface area contributed by atoms with E-state index in [0.29, 0.717) is 17.2 Å². The van der Waals surface area contributed by atoms with Crippen LogP contribution in [0.3, 0.4) is 0 Å². The topological polar surface area (TPSA) is 66.8 Å². The minimum atomic E-state index is -1.05. The van der Waals surface area contributed by atoms with Gasteiger partial charge in [0, 0.05) is 6.04 Å². The zero-order valence-corrected chi connectivity index (χ0v) is 13.1. The lowest BCUT2D eigenvalue weighted by Gasteiger charge is -2.29. The number of para-hydroxylation sites is 1. The number of carboxylic acids is 1. The molecule has 21 heavy (non-hydrogen) atoms. The number of ether oxygens (including phenoxy) is 1. The van der Waals surface area contributed by atoms with Crippen LogP contribution in [0.25, 0.3) is 0 Å². The average Bonchev–Trinajstić information content (AvgIpc) is 2.42. The average molecular weight is 314 g/mol. The lowest BCUT2D eigenvalue weighted by molar-refractivity contribution is -0.149. The molecule has 0 aliphatic heterocycles. The molecule has 1 N–H and O–H groups in total. The molecular formula is C15H20ClNO4. The Kier molecular flexibility index (Phi) is 6.49. The number of halogens is 1. The van der Waals surface area contributed by atoms with Gasteiger partial charge in [-0.05, 0) is 32.4 Å². The smallest absolute Gasteiger partial charge is 0.323 e. The highest BCUT2D eigenvalue weighted by Crippen LogP contribution is 2.25. The molecule has 116 valence electrons. The third-order valence-electron chi connectivity index (χ3n) is 2.96. The van der Waals surface area contributed by atoms with Gasteiger partial charge in [-0.15, -0.1) is 0 Å². The number of carbonyl (C=O) groups excluding carboxylic acids is 1. The van der Waals surface area contributed by atoms with Crippen molar-refractivity contribution in [1.29, 1.82) is 0 Å². The summed E-state index contributed by atoms with van der Waals surface area (Å²) in [6, 6.07) is 6.65. The zero-order valence-electron chi connectivity index (χ0n) is 12.4. The summed E-state index contributed by atoms with van der Waals surface area (Å²) in [5.74, 6) is -0.988. The molecule has 0 bridgehead atoms. The summed E-state index contributed by atoms with van der Waals surface area (Å²) >= 11 is 6.01. The Bertz CT molecular complexity index is 504. The number of hydrogen-bond donors (Lipinski definition) is 1. The first-order valence-corrected chi connectivity index (χ1v) is 7.18. The van der Waals surface area contributed by atoms with Crippen LogP contribution in [-0.4, -0.2) is 40.6 Å². The Balaban J connectivity index is 2.89. The number of carbonyl (C=O) groups is 2. The van der Waals surface area contributed by atoms with Crippen LogP contribution in [0, 0.1) is 0 Å². The molecule has 1 atom stereocenters. The van der Waals surface area contributed by atoms with Gasteiger partial charge in [-0.2, -0.15) is 0 Å². The fourth-order valence-electron chi connectivity index (χ4n) is 1.85. The number of carboxylic acid groups (broad SMARTS) is 1. The van der Waals surface area contributed by atoms with Gasteiger partial charge in [0.05, 0.1) is 5.02 Å². The molecule has 1 unspecified atom stereocenters. The van der Waals surface area contributed by atoms with Crippen molar-refractivity contribution in [2.45, 2.75) is 39.3 Å². The number of aliphatic carboxylic acids is 1. The van der Waals surface area contributed by atoms with Crippen molar-refractivity contribution in [2.75, 3.05) is 6.54 Å². The lowest BCUT2D eigenvalue weighted by atomic mass is 10.2. The number of hydrogen-bond acceptors (Lipinski definition) is 3. The van der Waals surface area contributed by atoms with E-state index in [1.165, 1.54) is 4.90 Å². The van der Waals surface area contributed by atoms with E-state index in [-0.39, 0.29) is 18.5 Å². The summed E-state index contributed by atoms with van der Waals surface area (Å²) in [6.45, 7) is 4.99. The van der Waals surface area contributed by atoms with Gasteiger partial charge in [-0.25, -0.2) is 0 Å². The summed E-state index contributed by atoms with van der Waals surface area (Å²) in [6.07, 6.45) is -0.334. The summed E-state index contributed by atoms with van der Waals surface area (Å²) in [4.78, 5) is 24.6. The van der Waals surface area contributed by atoms with Gasteiger partial charge in [0.15, 0.2) is 6.10 Å². The normalized spacial score (nSPS) is 12.0. The molecule has 0 aromatic heterocycles. The van der Waals surface area contributed by atoms with Crippen molar-refractivity contribution in [3.05, 3.63) is 29.3 Å². The number of nitrogens with zero attached hydrogens (tertiary/aromatic N) is 1. The third kappa shape index (κ3) is 4.93. The molecule has 0 saturated heterocycles. The molecule has 0 saturated carbocycles. The second-order valence-corrected chi connectivity index (χ2v) is 5.31. The number of benzene rings is 1. The SMILES string of the molecule is CCC(Oc1ccccc1Cl)C(=O)N(CC(=O)O)C(C)C. The van der Waals surface area contributed by atoms with Crippen molar-refractivity contribution in [1.82, 2.24) is 4.90 Å². The summed E-state index contributed by atoms with van der Waals surface area (Å²) in [5.41, 5.74) is 0. The highest BCUT2D eigenvalue weighted by Gasteiger charge is 2.28. The molecule has 0 heterocycles. The molecule has 6 heteroatoms. The maximum atomic E-state index is 12.5. The van der Waals surface area contributed by atoms with Gasteiger partial charge in [-0.3, -0.25) is 9.59 Å². The van der Waals surface area contributed by atoms with Crippen LogP contribution in [0.1, 0.15) is 27.2 Å². The van der Waals surface area contributed by atoms with E-state index in [0.717, 1.165) is 0 Å². The van der Waals surface area contributed by atoms with Gasteiger partial charge >= 0.3 is 5.97 Å². The van der Waals surface area contributed by atoms with E-state index in [4.69, 9.17) is 21.4 Å². The molecule has 0 aliphatic rings. The molecular weight excluding hydrogens is 294 g/mol. The Morgan fingerprint density at radius 3 is 2.43 bits per heavy atom. The minimum absolute atomic E-state index is 0.225. The van der Waals surface area contributed by atoms with Crippen molar-refractivity contribution < 1.29 is 19.4 Å². The third-order valence-corrected chi connectivity index (χ3v) is 3.28. The predicted octanol–water partition coefficient (Wildman–Crippen LogP) is 2.82. The summed E-state index contributed by atoms with van der Waals surface area (Å²) in [7, 11) is 0. The fourth-order valence-corrected chi connectivity index (χ4v) is 2.03. The monoisotopic (exact) mass is 313 g/mol. The van der Waals surface area contributed by atoms with E-state index in [1.807, 2.05) is 0 Å². The van der Waals surface area contributed by atoms with Gasteiger partial charge in [0.1, 0.15) is 12.3 Å². The van der Waals surface area contributed by atoms with Crippen molar-refractivity contribution in [3.8, 4) is 5.75 Å². The van der Waals surface area contributed by atoms with Crippen LogP contribution in [0.4, 0.5) is 0 Å². The van der Waals surface area contributed by atoms with Crippen LogP contribution in [0.2, 0.25) is 5.02 Å². The first kappa shape index (κ1) is 17.3.